The highest BCUT2D eigenvalue weighted by atomic mass is 79.9. The van der Waals surface area contributed by atoms with Crippen LogP contribution in [0.5, 0.6) is 0 Å². The zero-order valence-corrected chi connectivity index (χ0v) is 14.1. The first-order valence-electron chi connectivity index (χ1n) is 8.09. The molecular formula is C14H18BrN5O3. The van der Waals surface area contributed by atoms with E-state index in [1.54, 1.807) is 11.0 Å². The van der Waals surface area contributed by atoms with Crippen LogP contribution in [-0.4, -0.2) is 77.5 Å². The molecule has 4 heterocycles. The molecule has 9 heteroatoms. The van der Waals surface area contributed by atoms with E-state index in [1.807, 2.05) is 0 Å². The number of hydrogen-bond acceptors (Lipinski definition) is 6. The van der Waals surface area contributed by atoms with Gasteiger partial charge in [0.15, 0.2) is 0 Å². The average Bonchev–Trinajstić information content (AvgIpc) is 3.05. The fraction of sp³-hybridized carbons (Fsp3) is 0.571. The summed E-state index contributed by atoms with van der Waals surface area (Å²) in [5.41, 5.74) is 1.83. The molecule has 4 aliphatic heterocycles. The first-order chi connectivity index (χ1) is 11.6. The van der Waals surface area contributed by atoms with Crippen LogP contribution in [0.4, 0.5) is 0 Å². The third kappa shape index (κ3) is 2.67. The summed E-state index contributed by atoms with van der Waals surface area (Å²) in [6.45, 7) is 4.81. The second kappa shape index (κ2) is 5.90. The standard InChI is InChI=1S/C14H18BrN5O3/c15-10-7-11-16-12-9(13(21)20(11)17-10)8-19(14(12)22)2-1-18-3-5-23-6-4-18/h7,10,16-17H,1-6,8H2/i/hD. The maximum atomic E-state index is 12.6. The number of nitrogens with zero attached hydrogens (tertiary/aromatic N) is 3. The number of hydrazine groups is 1. The van der Waals surface area contributed by atoms with Crippen molar-refractivity contribution in [2.75, 3.05) is 45.9 Å². The van der Waals surface area contributed by atoms with E-state index in [-0.39, 0.29) is 18.4 Å². The van der Waals surface area contributed by atoms with Crippen molar-refractivity contribution >= 4 is 27.7 Å². The van der Waals surface area contributed by atoms with Crippen LogP contribution >= 0.6 is 15.9 Å². The summed E-state index contributed by atoms with van der Waals surface area (Å²) in [6, 6.07) is 0. The van der Waals surface area contributed by atoms with Crippen LogP contribution in [0.2, 0.25) is 1.41 Å². The Labute approximate surface area is 143 Å². The number of carbonyl (C=O) groups is 2. The molecule has 1 atom stereocenters. The van der Waals surface area contributed by atoms with Crippen molar-refractivity contribution in [1.82, 2.24) is 25.5 Å². The zero-order chi connectivity index (χ0) is 16.8. The Morgan fingerprint density at radius 2 is 2.09 bits per heavy atom. The molecule has 1 fully saturated rings. The van der Waals surface area contributed by atoms with Gasteiger partial charge in [-0.15, -0.1) is 0 Å². The molecule has 0 spiro atoms. The van der Waals surface area contributed by atoms with Crippen molar-refractivity contribution in [2.45, 2.75) is 4.95 Å². The van der Waals surface area contributed by atoms with Gasteiger partial charge in [-0.25, -0.2) is 10.4 Å². The lowest BCUT2D eigenvalue weighted by Gasteiger charge is -2.28. The van der Waals surface area contributed by atoms with Crippen molar-refractivity contribution in [3.8, 4) is 0 Å². The van der Waals surface area contributed by atoms with Crippen molar-refractivity contribution in [3.05, 3.63) is 23.2 Å². The quantitative estimate of drug-likeness (QED) is 0.476. The number of amides is 2. The van der Waals surface area contributed by atoms with E-state index in [9.17, 15) is 9.59 Å². The largest absolute Gasteiger partial charge is 0.379 e. The highest BCUT2D eigenvalue weighted by Gasteiger charge is 2.43. The number of morpholine rings is 1. The molecule has 4 rings (SSSR count). The second-order valence-electron chi connectivity index (χ2n) is 5.82. The molecule has 0 aliphatic carbocycles. The lowest BCUT2D eigenvalue weighted by molar-refractivity contribution is -0.128. The van der Waals surface area contributed by atoms with Crippen LogP contribution in [0.1, 0.15) is 0 Å². The molecule has 0 radical (unpaired) electrons. The van der Waals surface area contributed by atoms with Gasteiger partial charge in [0.1, 0.15) is 17.9 Å². The van der Waals surface area contributed by atoms with Crippen molar-refractivity contribution in [2.24, 2.45) is 0 Å². The number of rotatable bonds is 3. The predicted molar refractivity (Wildman–Crippen MR) is 84.8 cm³/mol. The van der Waals surface area contributed by atoms with Gasteiger partial charge < -0.3 is 15.0 Å². The Morgan fingerprint density at radius 3 is 2.87 bits per heavy atom. The van der Waals surface area contributed by atoms with Gasteiger partial charge in [0.25, 0.3) is 11.8 Å². The molecule has 8 nitrogen and oxygen atoms in total. The number of alkyl halides is 1. The van der Waals surface area contributed by atoms with Crippen LogP contribution < -0.4 is 10.7 Å². The minimum absolute atomic E-state index is 0.151. The molecule has 124 valence electrons. The summed E-state index contributed by atoms with van der Waals surface area (Å²) >= 11 is 3.30. The van der Waals surface area contributed by atoms with E-state index in [0.29, 0.717) is 23.6 Å². The SMILES string of the molecule is [2H]N1C(Br)C=C2NC3=C(CN(CCN4CCOCC4)C3=O)C(=O)N21. The Hall–Kier alpha value is -1.42. The predicted octanol–water partition coefficient (Wildman–Crippen LogP) is -1.07. The molecule has 0 bridgehead atoms. The number of carbonyl (C=O) groups excluding carboxylic acids is 2. The van der Waals surface area contributed by atoms with Gasteiger partial charge in [0.2, 0.25) is 0 Å². The van der Waals surface area contributed by atoms with Crippen LogP contribution in [0.25, 0.3) is 0 Å². The van der Waals surface area contributed by atoms with Crippen molar-refractivity contribution < 1.29 is 15.7 Å². The maximum Gasteiger partial charge on any atom is 0.274 e. The fourth-order valence-electron chi connectivity index (χ4n) is 3.12. The van der Waals surface area contributed by atoms with Gasteiger partial charge in [-0.1, -0.05) is 15.9 Å². The summed E-state index contributed by atoms with van der Waals surface area (Å²) in [5, 5.41) is 4.26. The van der Waals surface area contributed by atoms with E-state index in [4.69, 9.17) is 6.15 Å². The van der Waals surface area contributed by atoms with Crippen molar-refractivity contribution in [3.63, 3.8) is 0 Å². The summed E-state index contributed by atoms with van der Waals surface area (Å²) in [5.74, 6) is -0.00473. The van der Waals surface area contributed by atoms with E-state index >= 15 is 0 Å². The van der Waals surface area contributed by atoms with Crippen LogP contribution in [0, 0.1) is 0 Å². The topological polar surface area (TPSA) is 77.1 Å². The van der Waals surface area contributed by atoms with Crippen LogP contribution in [0.15, 0.2) is 23.2 Å². The molecule has 1 unspecified atom stereocenters. The molecule has 0 aromatic heterocycles. The number of hydrogen-bond donors (Lipinski definition) is 2. The van der Waals surface area contributed by atoms with Crippen LogP contribution in [0.3, 0.4) is 0 Å². The Kier molecular flexibility index (Phi) is 3.58. The van der Waals surface area contributed by atoms with E-state index in [2.05, 4.69) is 26.1 Å². The van der Waals surface area contributed by atoms with E-state index < -0.39 is 4.95 Å². The maximum absolute atomic E-state index is 12.6. The van der Waals surface area contributed by atoms with E-state index in [0.717, 1.165) is 38.3 Å². The summed E-state index contributed by atoms with van der Waals surface area (Å²) in [6.07, 6.45) is 1.69. The Morgan fingerprint density at radius 1 is 1.30 bits per heavy atom. The highest BCUT2D eigenvalue weighted by Crippen LogP contribution is 2.28. The minimum atomic E-state index is -0.392. The first kappa shape index (κ1) is 14.0. The van der Waals surface area contributed by atoms with E-state index in [1.165, 1.54) is 5.01 Å². The second-order valence-corrected chi connectivity index (χ2v) is 6.75. The van der Waals surface area contributed by atoms with Gasteiger partial charge in [-0.3, -0.25) is 14.5 Å². The number of halogens is 1. The lowest BCUT2D eigenvalue weighted by Crippen LogP contribution is -2.47. The van der Waals surface area contributed by atoms with Gasteiger partial charge in [0.05, 0.1) is 25.3 Å². The van der Waals surface area contributed by atoms with Crippen molar-refractivity contribution in [1.29, 1.82) is 0 Å². The average molecular weight is 385 g/mol. The molecule has 2 N–H and O–H groups in total. The molecule has 2 amide bonds. The third-order valence-corrected chi connectivity index (χ3v) is 4.84. The van der Waals surface area contributed by atoms with Gasteiger partial charge >= 0.3 is 0 Å². The molecular weight excluding hydrogens is 366 g/mol. The Bertz CT molecular complexity index is 648. The Balaban J connectivity index is 1.45. The lowest BCUT2D eigenvalue weighted by atomic mass is 10.2. The minimum Gasteiger partial charge on any atom is -0.379 e. The zero-order valence-electron chi connectivity index (χ0n) is 13.5. The van der Waals surface area contributed by atoms with Gasteiger partial charge in [0, 0.05) is 26.2 Å². The molecule has 0 saturated carbocycles. The highest BCUT2D eigenvalue weighted by molar-refractivity contribution is 9.09. The molecule has 0 aromatic rings. The summed E-state index contributed by atoms with van der Waals surface area (Å²) < 4.78 is 13.2. The summed E-state index contributed by atoms with van der Waals surface area (Å²) in [7, 11) is 0. The molecule has 23 heavy (non-hydrogen) atoms. The van der Waals surface area contributed by atoms with Crippen LogP contribution in [-0.2, 0) is 14.3 Å². The normalized spacial score (nSPS) is 29.5. The monoisotopic (exact) mass is 384 g/mol. The first-order valence-corrected chi connectivity index (χ1v) is 8.56. The summed E-state index contributed by atoms with van der Waals surface area (Å²) in [4.78, 5) is 28.8. The van der Waals surface area contributed by atoms with Gasteiger partial charge in [-0.2, -0.15) is 0 Å². The molecule has 1 saturated heterocycles. The number of ether oxygens (including phenoxy) is 1. The fourth-order valence-corrected chi connectivity index (χ4v) is 3.55. The number of fused-ring (bicyclic) bond motifs is 1. The molecule has 4 aliphatic rings. The van der Waals surface area contributed by atoms with Gasteiger partial charge in [-0.05, 0) is 6.08 Å². The third-order valence-electron chi connectivity index (χ3n) is 4.39. The number of nitrogens with one attached hydrogen (secondary N) is 2. The molecule has 0 aromatic carbocycles. The smallest absolute Gasteiger partial charge is 0.274 e.